The van der Waals surface area contributed by atoms with Crippen LogP contribution in [-0.2, 0) is 10.0 Å². The van der Waals surface area contributed by atoms with Crippen LogP contribution in [0.25, 0.3) is 22.4 Å². The third-order valence-corrected chi connectivity index (χ3v) is 7.92. The molecule has 0 unspecified atom stereocenters. The molecule has 0 radical (unpaired) electrons. The molecule has 2 fully saturated rings. The predicted molar refractivity (Wildman–Crippen MR) is 116 cm³/mol. The van der Waals surface area contributed by atoms with E-state index in [-0.39, 0.29) is 17.0 Å². The molecule has 0 spiro atoms. The van der Waals surface area contributed by atoms with Gasteiger partial charge >= 0.3 is 0 Å². The van der Waals surface area contributed by atoms with Gasteiger partial charge in [-0.1, -0.05) is 0 Å². The standard InChI is InChI=1S/C22H24N6O2S/c1-13(15-6-7-15)27-31(29,30)17-8-9-20(25-11-17)21-18(10-23)19-12-24-14(2)26-22(19)28(21)16-4-3-5-16/h8-9,11-13,15-16,27H,3-7H2,1-2H3/t13-/m0/s1. The molecule has 3 aromatic heterocycles. The molecule has 8 nitrogen and oxygen atoms in total. The van der Waals surface area contributed by atoms with Crippen LogP contribution < -0.4 is 4.72 Å². The maximum absolute atomic E-state index is 12.7. The van der Waals surface area contributed by atoms with E-state index in [4.69, 9.17) is 0 Å². The first-order valence-corrected chi connectivity index (χ1v) is 12.1. The van der Waals surface area contributed by atoms with E-state index in [1.54, 1.807) is 18.3 Å². The third kappa shape index (κ3) is 3.50. The number of pyridine rings is 1. The van der Waals surface area contributed by atoms with Gasteiger partial charge in [-0.15, -0.1) is 0 Å². The molecule has 2 aliphatic rings. The first-order valence-electron chi connectivity index (χ1n) is 10.7. The Balaban J connectivity index is 1.59. The van der Waals surface area contributed by atoms with Crippen LogP contribution in [0, 0.1) is 24.2 Å². The topological polar surface area (TPSA) is 114 Å². The second-order valence-electron chi connectivity index (χ2n) is 8.57. The van der Waals surface area contributed by atoms with E-state index in [9.17, 15) is 13.7 Å². The van der Waals surface area contributed by atoms with Crippen LogP contribution >= 0.6 is 0 Å². The molecule has 0 bridgehead atoms. The number of aryl methyl sites for hydroxylation is 1. The zero-order valence-corrected chi connectivity index (χ0v) is 18.4. The van der Waals surface area contributed by atoms with E-state index in [0.717, 1.165) is 37.8 Å². The number of sulfonamides is 1. The fraction of sp³-hybridized carbons (Fsp3) is 0.455. The van der Waals surface area contributed by atoms with E-state index in [0.29, 0.717) is 34.1 Å². The summed E-state index contributed by atoms with van der Waals surface area (Å²) in [6.45, 7) is 3.73. The highest BCUT2D eigenvalue weighted by Gasteiger charge is 2.32. The van der Waals surface area contributed by atoms with Gasteiger partial charge in [-0.2, -0.15) is 5.26 Å². The van der Waals surface area contributed by atoms with Crippen molar-refractivity contribution in [2.45, 2.75) is 62.9 Å². The number of nitriles is 1. The minimum absolute atomic E-state index is 0.0853. The third-order valence-electron chi connectivity index (χ3n) is 6.38. The average molecular weight is 437 g/mol. The first kappa shape index (κ1) is 20.1. The summed E-state index contributed by atoms with van der Waals surface area (Å²) in [4.78, 5) is 13.5. The van der Waals surface area contributed by atoms with Crippen molar-refractivity contribution in [3.63, 3.8) is 0 Å². The summed E-state index contributed by atoms with van der Waals surface area (Å²) in [5, 5.41) is 10.6. The lowest BCUT2D eigenvalue weighted by molar-refractivity contribution is 0.322. The maximum Gasteiger partial charge on any atom is 0.242 e. The highest BCUT2D eigenvalue weighted by molar-refractivity contribution is 7.89. The number of nitrogens with one attached hydrogen (secondary N) is 1. The molecule has 2 aliphatic carbocycles. The quantitative estimate of drug-likeness (QED) is 0.633. The molecule has 3 aromatic rings. The fourth-order valence-electron chi connectivity index (χ4n) is 4.22. The van der Waals surface area contributed by atoms with Gasteiger partial charge in [0, 0.05) is 24.5 Å². The van der Waals surface area contributed by atoms with Crippen molar-refractivity contribution >= 4 is 21.1 Å². The second-order valence-corrected chi connectivity index (χ2v) is 10.3. The van der Waals surface area contributed by atoms with Gasteiger partial charge in [0.15, 0.2) is 0 Å². The average Bonchev–Trinajstić information content (AvgIpc) is 3.51. The fourth-order valence-corrected chi connectivity index (χ4v) is 5.48. The van der Waals surface area contributed by atoms with Crippen LogP contribution in [0.1, 0.15) is 56.5 Å². The van der Waals surface area contributed by atoms with Gasteiger partial charge in [0.25, 0.3) is 0 Å². The van der Waals surface area contributed by atoms with Gasteiger partial charge in [0.2, 0.25) is 10.0 Å². The molecular weight excluding hydrogens is 412 g/mol. The van der Waals surface area contributed by atoms with Gasteiger partial charge in [-0.3, -0.25) is 4.98 Å². The SMILES string of the molecule is Cc1ncc2c(C#N)c(-c3ccc(S(=O)(=O)N[C@@H](C)C4CC4)cn3)n(C3CCC3)c2n1. The van der Waals surface area contributed by atoms with Crippen LogP contribution in [0.5, 0.6) is 0 Å². The van der Waals surface area contributed by atoms with Crippen LogP contribution in [0.4, 0.5) is 0 Å². The molecular formula is C22H24N6O2S. The Kier molecular flexibility index (Phi) is 4.79. The number of hydrogen-bond acceptors (Lipinski definition) is 6. The smallest absolute Gasteiger partial charge is 0.242 e. The van der Waals surface area contributed by atoms with Crippen molar-refractivity contribution in [2.24, 2.45) is 5.92 Å². The lowest BCUT2D eigenvalue weighted by atomic mass is 9.92. The normalized spacial score (nSPS) is 18.0. The van der Waals surface area contributed by atoms with E-state index in [2.05, 4.69) is 30.3 Å². The summed E-state index contributed by atoms with van der Waals surface area (Å²) in [5.41, 5.74) is 2.46. The van der Waals surface area contributed by atoms with Crippen LogP contribution in [0.2, 0.25) is 0 Å². The molecule has 0 amide bonds. The molecule has 0 aromatic carbocycles. The minimum atomic E-state index is -3.64. The summed E-state index contributed by atoms with van der Waals surface area (Å²) < 4.78 is 30.3. The molecule has 31 heavy (non-hydrogen) atoms. The van der Waals surface area contributed by atoms with Crippen LogP contribution in [-0.4, -0.2) is 34.0 Å². The van der Waals surface area contributed by atoms with Crippen molar-refractivity contribution in [3.8, 4) is 17.5 Å². The number of nitrogens with zero attached hydrogens (tertiary/aromatic N) is 5. The number of fused-ring (bicyclic) bond motifs is 1. The van der Waals surface area contributed by atoms with Crippen molar-refractivity contribution in [1.82, 2.24) is 24.2 Å². The zero-order valence-electron chi connectivity index (χ0n) is 17.5. The van der Waals surface area contributed by atoms with Gasteiger partial charge in [0.05, 0.1) is 22.3 Å². The van der Waals surface area contributed by atoms with E-state index >= 15 is 0 Å². The predicted octanol–water partition coefficient (Wildman–Crippen LogP) is 3.48. The molecule has 1 N–H and O–H groups in total. The maximum atomic E-state index is 12.7. The lowest BCUT2D eigenvalue weighted by Crippen LogP contribution is -2.34. The molecule has 2 saturated carbocycles. The molecule has 3 heterocycles. The summed E-state index contributed by atoms with van der Waals surface area (Å²) in [6, 6.07) is 5.71. The highest BCUT2D eigenvalue weighted by atomic mass is 32.2. The van der Waals surface area contributed by atoms with Gasteiger partial charge in [-0.25, -0.2) is 23.1 Å². The number of hydrogen-bond donors (Lipinski definition) is 1. The van der Waals surface area contributed by atoms with Crippen LogP contribution in [0.3, 0.4) is 0 Å². The summed E-state index contributed by atoms with van der Waals surface area (Å²) in [7, 11) is -3.64. The molecule has 0 aliphatic heterocycles. The monoisotopic (exact) mass is 436 g/mol. The Bertz CT molecular complexity index is 1300. The van der Waals surface area contributed by atoms with Crippen molar-refractivity contribution in [2.75, 3.05) is 0 Å². The number of aromatic nitrogens is 4. The van der Waals surface area contributed by atoms with Gasteiger partial charge in [0.1, 0.15) is 22.4 Å². The second kappa shape index (κ2) is 7.39. The summed E-state index contributed by atoms with van der Waals surface area (Å²) in [6.07, 6.45) is 8.35. The number of rotatable bonds is 6. The van der Waals surface area contributed by atoms with Crippen LogP contribution in [0.15, 0.2) is 29.4 Å². The Labute approximate surface area is 181 Å². The Morgan fingerprint density at radius 2 is 1.97 bits per heavy atom. The van der Waals surface area contributed by atoms with Crippen molar-refractivity contribution in [1.29, 1.82) is 5.26 Å². The zero-order chi connectivity index (χ0) is 21.8. The van der Waals surface area contributed by atoms with Crippen molar-refractivity contribution < 1.29 is 8.42 Å². The van der Waals surface area contributed by atoms with Crippen molar-refractivity contribution in [3.05, 3.63) is 35.9 Å². The Morgan fingerprint density at radius 3 is 2.55 bits per heavy atom. The Hall–Kier alpha value is -2.83. The molecule has 160 valence electrons. The molecule has 9 heteroatoms. The van der Waals surface area contributed by atoms with E-state index in [1.165, 1.54) is 6.20 Å². The van der Waals surface area contributed by atoms with E-state index < -0.39 is 10.0 Å². The lowest BCUT2D eigenvalue weighted by Gasteiger charge is -2.29. The molecule has 0 saturated heterocycles. The highest BCUT2D eigenvalue weighted by Crippen LogP contribution is 2.41. The van der Waals surface area contributed by atoms with Gasteiger partial charge in [-0.05, 0) is 64.0 Å². The molecule has 5 rings (SSSR count). The van der Waals surface area contributed by atoms with E-state index in [1.807, 2.05) is 13.8 Å². The van der Waals surface area contributed by atoms with Gasteiger partial charge < -0.3 is 4.57 Å². The molecule has 1 atom stereocenters. The first-order chi connectivity index (χ1) is 14.9. The summed E-state index contributed by atoms with van der Waals surface area (Å²) in [5.74, 6) is 1.06. The Morgan fingerprint density at radius 1 is 1.19 bits per heavy atom. The summed E-state index contributed by atoms with van der Waals surface area (Å²) >= 11 is 0. The largest absolute Gasteiger partial charge is 0.320 e. The minimum Gasteiger partial charge on any atom is -0.320 e.